The maximum atomic E-state index is 5.72. The molecule has 0 aromatic carbocycles. The van der Waals surface area contributed by atoms with E-state index in [1.54, 1.807) is 12.4 Å². The summed E-state index contributed by atoms with van der Waals surface area (Å²) >= 11 is 0. The van der Waals surface area contributed by atoms with Gasteiger partial charge in [-0.2, -0.15) is 0 Å². The average molecular weight is 215 g/mol. The van der Waals surface area contributed by atoms with Crippen LogP contribution in [0.5, 0.6) is 0 Å². The maximum Gasteiger partial charge on any atom is 0.152 e. The Morgan fingerprint density at radius 2 is 2.19 bits per heavy atom. The first-order chi connectivity index (χ1) is 7.77. The van der Waals surface area contributed by atoms with Crippen molar-refractivity contribution >= 4 is 11.5 Å². The molecule has 0 unspecified atom stereocenters. The third kappa shape index (κ3) is 2.25. The van der Waals surface area contributed by atoms with Gasteiger partial charge in [0.25, 0.3) is 0 Å². The Balaban J connectivity index is 2.09. The SMILES string of the molecule is Cc1cnccc1CNc1ncncc1N. The van der Waals surface area contributed by atoms with Crippen molar-refractivity contribution in [1.82, 2.24) is 15.0 Å². The molecule has 16 heavy (non-hydrogen) atoms. The number of aryl methyl sites for hydroxylation is 1. The summed E-state index contributed by atoms with van der Waals surface area (Å²) in [5, 5.41) is 3.17. The van der Waals surface area contributed by atoms with Crippen molar-refractivity contribution in [2.24, 2.45) is 0 Å². The van der Waals surface area contributed by atoms with Gasteiger partial charge in [0.1, 0.15) is 6.33 Å². The second-order valence-electron chi connectivity index (χ2n) is 3.48. The zero-order valence-electron chi connectivity index (χ0n) is 9.01. The molecule has 0 saturated carbocycles. The van der Waals surface area contributed by atoms with Crippen molar-refractivity contribution in [2.75, 3.05) is 11.1 Å². The first kappa shape index (κ1) is 10.4. The van der Waals surface area contributed by atoms with Crippen LogP contribution in [0.1, 0.15) is 11.1 Å². The molecule has 2 heterocycles. The molecular weight excluding hydrogens is 202 g/mol. The number of aromatic nitrogens is 3. The molecule has 0 amide bonds. The third-order valence-electron chi connectivity index (χ3n) is 2.32. The lowest BCUT2D eigenvalue weighted by Crippen LogP contribution is -2.06. The molecule has 3 N–H and O–H groups in total. The zero-order valence-corrected chi connectivity index (χ0v) is 9.01. The summed E-state index contributed by atoms with van der Waals surface area (Å²) < 4.78 is 0. The van der Waals surface area contributed by atoms with Crippen molar-refractivity contribution in [3.05, 3.63) is 42.1 Å². The van der Waals surface area contributed by atoms with Gasteiger partial charge in [-0.3, -0.25) is 4.98 Å². The summed E-state index contributed by atoms with van der Waals surface area (Å²) in [7, 11) is 0. The summed E-state index contributed by atoms with van der Waals surface area (Å²) in [6, 6.07) is 1.97. The fraction of sp³-hybridized carbons (Fsp3) is 0.182. The van der Waals surface area contributed by atoms with Crippen LogP contribution in [0.2, 0.25) is 0 Å². The highest BCUT2D eigenvalue weighted by Gasteiger charge is 2.01. The number of hydrogen-bond acceptors (Lipinski definition) is 5. The van der Waals surface area contributed by atoms with E-state index in [2.05, 4.69) is 20.3 Å². The van der Waals surface area contributed by atoms with Gasteiger partial charge in [0.2, 0.25) is 0 Å². The van der Waals surface area contributed by atoms with Crippen molar-refractivity contribution in [1.29, 1.82) is 0 Å². The molecule has 2 aromatic rings. The molecule has 0 aliphatic carbocycles. The molecular formula is C11H13N5. The first-order valence-corrected chi connectivity index (χ1v) is 4.96. The van der Waals surface area contributed by atoms with Crippen LogP contribution in [0.4, 0.5) is 11.5 Å². The van der Waals surface area contributed by atoms with Crippen LogP contribution in [0.25, 0.3) is 0 Å². The maximum absolute atomic E-state index is 5.72. The Labute approximate surface area is 93.8 Å². The Morgan fingerprint density at radius 3 is 2.94 bits per heavy atom. The van der Waals surface area contributed by atoms with E-state index in [0.29, 0.717) is 18.1 Å². The Hall–Kier alpha value is -2.17. The van der Waals surface area contributed by atoms with Crippen molar-refractivity contribution < 1.29 is 0 Å². The molecule has 2 aromatic heterocycles. The summed E-state index contributed by atoms with van der Waals surface area (Å²) in [6.45, 7) is 2.70. The monoisotopic (exact) mass is 215 g/mol. The average Bonchev–Trinajstić information content (AvgIpc) is 2.30. The van der Waals surface area contributed by atoms with Crippen LogP contribution in [-0.2, 0) is 6.54 Å². The standard InChI is InChI=1S/C11H13N5/c1-8-4-13-3-2-9(8)5-15-11-10(12)6-14-7-16-11/h2-4,6-7H,5,12H2,1H3,(H,14,15,16). The minimum absolute atomic E-state index is 0.550. The summed E-state index contributed by atoms with van der Waals surface area (Å²) in [5.41, 5.74) is 8.59. The van der Waals surface area contributed by atoms with Gasteiger partial charge < -0.3 is 11.1 Å². The van der Waals surface area contributed by atoms with E-state index in [9.17, 15) is 0 Å². The lowest BCUT2D eigenvalue weighted by atomic mass is 10.1. The molecule has 0 bridgehead atoms. The number of nitrogens with one attached hydrogen (secondary N) is 1. The van der Waals surface area contributed by atoms with Gasteiger partial charge in [0.05, 0.1) is 11.9 Å². The molecule has 2 rings (SSSR count). The molecule has 0 radical (unpaired) electrons. The van der Waals surface area contributed by atoms with E-state index in [1.165, 1.54) is 11.9 Å². The number of nitrogen functional groups attached to an aromatic ring is 1. The molecule has 0 atom stereocenters. The molecule has 5 heteroatoms. The largest absolute Gasteiger partial charge is 0.394 e. The zero-order chi connectivity index (χ0) is 11.4. The molecule has 0 aliphatic heterocycles. The number of nitrogens with zero attached hydrogens (tertiary/aromatic N) is 3. The van der Waals surface area contributed by atoms with Crippen LogP contribution in [-0.4, -0.2) is 15.0 Å². The van der Waals surface area contributed by atoms with Gasteiger partial charge in [-0.05, 0) is 24.1 Å². The van der Waals surface area contributed by atoms with Gasteiger partial charge >= 0.3 is 0 Å². The van der Waals surface area contributed by atoms with Gasteiger partial charge in [-0.25, -0.2) is 9.97 Å². The lowest BCUT2D eigenvalue weighted by molar-refractivity contribution is 1.06. The second kappa shape index (κ2) is 4.57. The molecule has 82 valence electrons. The highest BCUT2D eigenvalue weighted by Crippen LogP contribution is 2.14. The molecule has 0 aliphatic rings. The van der Waals surface area contributed by atoms with E-state index in [4.69, 9.17) is 5.73 Å². The van der Waals surface area contributed by atoms with E-state index in [0.717, 1.165) is 5.56 Å². The topological polar surface area (TPSA) is 76.7 Å². The second-order valence-corrected chi connectivity index (χ2v) is 3.48. The van der Waals surface area contributed by atoms with Crippen molar-refractivity contribution in [3.8, 4) is 0 Å². The van der Waals surface area contributed by atoms with Crippen LogP contribution >= 0.6 is 0 Å². The number of pyridine rings is 1. The van der Waals surface area contributed by atoms with Crippen molar-refractivity contribution in [2.45, 2.75) is 13.5 Å². The van der Waals surface area contributed by atoms with E-state index >= 15 is 0 Å². The normalized spacial score (nSPS) is 10.1. The van der Waals surface area contributed by atoms with Crippen LogP contribution in [0.15, 0.2) is 31.0 Å². The third-order valence-corrected chi connectivity index (χ3v) is 2.32. The smallest absolute Gasteiger partial charge is 0.152 e. The summed E-state index contributed by atoms with van der Waals surface area (Å²) in [4.78, 5) is 11.9. The number of anilines is 2. The fourth-order valence-electron chi connectivity index (χ4n) is 1.37. The lowest BCUT2D eigenvalue weighted by Gasteiger charge is -2.08. The highest BCUT2D eigenvalue weighted by atomic mass is 15.0. The van der Waals surface area contributed by atoms with Crippen LogP contribution in [0, 0.1) is 6.92 Å². The molecule has 5 nitrogen and oxygen atoms in total. The van der Waals surface area contributed by atoms with E-state index < -0.39 is 0 Å². The predicted octanol–water partition coefficient (Wildman–Crippen LogP) is 1.37. The van der Waals surface area contributed by atoms with Crippen LogP contribution < -0.4 is 11.1 Å². The first-order valence-electron chi connectivity index (χ1n) is 4.96. The van der Waals surface area contributed by atoms with Gasteiger partial charge in [-0.15, -0.1) is 0 Å². The van der Waals surface area contributed by atoms with Gasteiger partial charge in [-0.1, -0.05) is 0 Å². The number of rotatable bonds is 3. The summed E-state index contributed by atoms with van der Waals surface area (Å²) in [6.07, 6.45) is 6.65. The molecule has 0 saturated heterocycles. The van der Waals surface area contributed by atoms with Crippen molar-refractivity contribution in [3.63, 3.8) is 0 Å². The summed E-state index contributed by atoms with van der Waals surface area (Å²) in [5.74, 6) is 0.659. The fourth-order valence-corrected chi connectivity index (χ4v) is 1.37. The quantitative estimate of drug-likeness (QED) is 0.808. The Kier molecular flexibility index (Phi) is 2.95. The van der Waals surface area contributed by atoms with Crippen LogP contribution in [0.3, 0.4) is 0 Å². The predicted molar refractivity (Wildman–Crippen MR) is 62.7 cm³/mol. The van der Waals surface area contributed by atoms with E-state index in [-0.39, 0.29) is 0 Å². The van der Waals surface area contributed by atoms with E-state index in [1.807, 2.05) is 19.2 Å². The Morgan fingerprint density at radius 1 is 1.31 bits per heavy atom. The number of hydrogen-bond donors (Lipinski definition) is 2. The minimum atomic E-state index is 0.550. The van der Waals surface area contributed by atoms with Gasteiger partial charge in [0, 0.05) is 18.9 Å². The van der Waals surface area contributed by atoms with Gasteiger partial charge in [0.15, 0.2) is 5.82 Å². The molecule has 0 fully saturated rings. The minimum Gasteiger partial charge on any atom is -0.394 e. The highest BCUT2D eigenvalue weighted by molar-refractivity contribution is 5.59. The number of nitrogens with two attached hydrogens (primary N) is 1. The Bertz CT molecular complexity index is 438. The molecule has 0 spiro atoms.